The zero-order valence-electron chi connectivity index (χ0n) is 33.1. The monoisotopic (exact) mass is 894 g/mol. The predicted molar refractivity (Wildman–Crippen MR) is 241 cm³/mol. The van der Waals surface area contributed by atoms with Gasteiger partial charge in [-0.05, 0) is 141 Å². The first-order valence-electron chi connectivity index (χ1n) is 19.1. The minimum atomic E-state index is -5.65. The molecule has 16 heteroatoms. The summed E-state index contributed by atoms with van der Waals surface area (Å²) in [5.74, 6) is -0.321. The van der Waals surface area contributed by atoms with Gasteiger partial charge in [-0.25, -0.2) is 12.8 Å². The molecule has 3 N–H and O–H groups in total. The van der Waals surface area contributed by atoms with Crippen LogP contribution in [0.15, 0.2) is 130 Å². The molecular weight excluding hydrogens is 852 g/mol. The molecule has 1 saturated heterocycles. The number of halogens is 5. The SMILES string of the molecule is CNc1c(-c2cc(F)cc(N3CCN(c4ccc(NSc5ccc(NSc6ccccc6)c(S(=O)(=O)C(F)(F)F)c5)cc4)CC3)c2)c(-c2ccc(Cl)cc2)n(C(C)C)c1C. The molecule has 1 fully saturated rings. The third kappa shape index (κ3) is 9.19. The van der Waals surface area contributed by atoms with Crippen LogP contribution in [0.5, 0.6) is 0 Å². The van der Waals surface area contributed by atoms with Crippen LogP contribution in [0.1, 0.15) is 25.6 Å². The van der Waals surface area contributed by atoms with Gasteiger partial charge in [0.1, 0.15) is 10.7 Å². The maximum Gasteiger partial charge on any atom is 0.501 e. The zero-order chi connectivity index (χ0) is 42.8. The first kappa shape index (κ1) is 43.1. The van der Waals surface area contributed by atoms with Gasteiger partial charge in [0.05, 0.1) is 17.1 Å². The van der Waals surface area contributed by atoms with Crippen molar-refractivity contribution in [3.8, 4) is 22.4 Å². The second-order valence-electron chi connectivity index (χ2n) is 14.5. The van der Waals surface area contributed by atoms with Gasteiger partial charge in [-0.2, -0.15) is 13.2 Å². The number of sulfone groups is 1. The number of anilines is 5. The van der Waals surface area contributed by atoms with Crippen molar-refractivity contribution in [3.05, 3.63) is 132 Å². The summed E-state index contributed by atoms with van der Waals surface area (Å²) >= 11 is 8.28. The zero-order valence-corrected chi connectivity index (χ0v) is 36.4. The van der Waals surface area contributed by atoms with Gasteiger partial charge >= 0.3 is 5.51 Å². The molecule has 8 nitrogen and oxygen atoms in total. The molecule has 0 unspecified atom stereocenters. The van der Waals surface area contributed by atoms with Crippen LogP contribution < -0.4 is 24.6 Å². The van der Waals surface area contributed by atoms with Gasteiger partial charge in [0.2, 0.25) is 0 Å². The van der Waals surface area contributed by atoms with E-state index in [1.54, 1.807) is 48.5 Å². The molecule has 6 aromatic rings. The van der Waals surface area contributed by atoms with E-state index in [4.69, 9.17) is 11.6 Å². The molecule has 0 saturated carbocycles. The highest BCUT2D eigenvalue weighted by molar-refractivity contribution is 8.01. The molecule has 0 bridgehead atoms. The van der Waals surface area contributed by atoms with E-state index in [1.165, 1.54) is 6.07 Å². The molecule has 7 rings (SSSR count). The van der Waals surface area contributed by atoms with Crippen molar-refractivity contribution in [3.63, 3.8) is 0 Å². The number of hydrogen-bond donors (Lipinski definition) is 3. The van der Waals surface area contributed by atoms with Crippen LogP contribution in [0.2, 0.25) is 5.02 Å². The molecule has 2 heterocycles. The van der Waals surface area contributed by atoms with E-state index in [9.17, 15) is 21.6 Å². The molecule has 1 aliphatic heterocycles. The highest BCUT2D eigenvalue weighted by Gasteiger charge is 2.48. The number of rotatable bonds is 13. The highest BCUT2D eigenvalue weighted by atomic mass is 35.5. The van der Waals surface area contributed by atoms with Crippen molar-refractivity contribution in [1.29, 1.82) is 0 Å². The lowest BCUT2D eigenvalue weighted by atomic mass is 9.98. The summed E-state index contributed by atoms with van der Waals surface area (Å²) in [4.78, 5) is 4.56. The van der Waals surface area contributed by atoms with Crippen molar-refractivity contribution in [2.75, 3.05) is 57.8 Å². The van der Waals surface area contributed by atoms with Crippen LogP contribution in [-0.4, -0.2) is 51.7 Å². The summed E-state index contributed by atoms with van der Waals surface area (Å²) in [6.45, 7) is 9.04. The minimum absolute atomic E-state index is 0.146. The summed E-state index contributed by atoms with van der Waals surface area (Å²) in [5, 5.41) is 4.03. The maximum atomic E-state index is 15.6. The Morgan fingerprint density at radius 3 is 1.98 bits per heavy atom. The fourth-order valence-electron chi connectivity index (χ4n) is 7.41. The lowest BCUT2D eigenvalue weighted by molar-refractivity contribution is -0.0435. The topological polar surface area (TPSA) is 81.6 Å². The quantitative estimate of drug-likeness (QED) is 0.0776. The molecule has 0 aliphatic carbocycles. The smallest absolute Gasteiger partial charge is 0.386 e. The van der Waals surface area contributed by atoms with Gasteiger partial charge in [0.25, 0.3) is 9.84 Å². The third-order valence-electron chi connectivity index (χ3n) is 10.2. The number of nitrogens with one attached hydrogen (secondary N) is 3. The summed E-state index contributed by atoms with van der Waals surface area (Å²) in [7, 11) is -3.76. The summed E-state index contributed by atoms with van der Waals surface area (Å²) in [5.41, 5.74) is 2.48. The van der Waals surface area contributed by atoms with Crippen LogP contribution in [-0.2, 0) is 9.84 Å². The minimum Gasteiger partial charge on any atom is -0.386 e. The molecule has 60 heavy (non-hydrogen) atoms. The summed E-state index contributed by atoms with van der Waals surface area (Å²) in [6.07, 6.45) is 0. The second-order valence-corrected chi connectivity index (χ2v) is 18.6. The maximum absolute atomic E-state index is 15.6. The van der Waals surface area contributed by atoms with Gasteiger partial charge in [-0.15, -0.1) is 0 Å². The van der Waals surface area contributed by atoms with E-state index >= 15 is 4.39 Å². The number of aromatic nitrogens is 1. The molecule has 314 valence electrons. The van der Waals surface area contributed by atoms with Crippen molar-refractivity contribution in [2.24, 2.45) is 0 Å². The van der Waals surface area contributed by atoms with E-state index in [0.717, 1.165) is 75.1 Å². The number of alkyl halides is 3. The lowest BCUT2D eigenvalue weighted by Gasteiger charge is -2.37. The normalized spacial score (nSPS) is 13.5. The molecule has 1 aliphatic rings. The molecule has 0 radical (unpaired) electrons. The van der Waals surface area contributed by atoms with Crippen molar-refractivity contribution < 1.29 is 26.0 Å². The van der Waals surface area contributed by atoms with Crippen LogP contribution in [0, 0.1) is 12.7 Å². The first-order chi connectivity index (χ1) is 28.6. The Hall–Kier alpha value is -4.96. The van der Waals surface area contributed by atoms with E-state index < -0.39 is 20.2 Å². The summed E-state index contributed by atoms with van der Waals surface area (Å²) < 4.78 is 90.0. The van der Waals surface area contributed by atoms with E-state index in [2.05, 4.69) is 56.0 Å². The Kier molecular flexibility index (Phi) is 12.9. The van der Waals surface area contributed by atoms with Gasteiger partial charge in [0, 0.05) is 82.4 Å². The molecule has 0 spiro atoms. The fourth-order valence-corrected chi connectivity index (χ4v) is 10.0. The number of piperazine rings is 1. The van der Waals surface area contributed by atoms with Gasteiger partial charge < -0.3 is 29.1 Å². The highest BCUT2D eigenvalue weighted by Crippen LogP contribution is 2.45. The van der Waals surface area contributed by atoms with E-state index in [1.807, 2.05) is 55.6 Å². The third-order valence-corrected chi connectivity index (χ3v) is 13.7. The first-order valence-corrected chi connectivity index (χ1v) is 22.6. The van der Waals surface area contributed by atoms with Gasteiger partial charge in [-0.3, -0.25) is 0 Å². The predicted octanol–water partition coefficient (Wildman–Crippen LogP) is 12.4. The number of nitrogens with zero attached hydrogens (tertiary/aromatic N) is 3. The average molecular weight is 896 g/mol. The molecular formula is C44H43ClF4N6O2S3. The van der Waals surface area contributed by atoms with Crippen LogP contribution in [0.3, 0.4) is 0 Å². The van der Waals surface area contributed by atoms with Crippen molar-refractivity contribution >= 4 is 73.8 Å². The Labute approximate surface area is 361 Å². The average Bonchev–Trinajstić information content (AvgIpc) is 3.54. The Bertz CT molecular complexity index is 2570. The van der Waals surface area contributed by atoms with E-state index in [0.29, 0.717) is 41.8 Å². The summed E-state index contributed by atoms with van der Waals surface area (Å²) in [6, 6.07) is 33.5. The van der Waals surface area contributed by atoms with Crippen LogP contribution >= 0.6 is 35.5 Å². The molecule has 5 aromatic carbocycles. The van der Waals surface area contributed by atoms with Crippen molar-refractivity contribution in [1.82, 2.24) is 4.57 Å². The molecule has 0 atom stereocenters. The van der Waals surface area contributed by atoms with Gasteiger partial charge in [-0.1, -0.05) is 41.9 Å². The standard InChI is InChI=1S/C44H43ClF4N6O2S3/c1-28(2)55-29(3)42(50-4)41(43(55)30-10-12-32(45)13-11-30)31-24-33(46)26-36(25-31)54-22-20-53(21-23-54)35-16-14-34(15-17-35)51-59-38-18-19-39(52-58-37-8-6-5-7-9-37)40(27-38)60(56,57)44(47,48)49/h5-19,24-28,50-52H,20-23H2,1-4H3. The van der Waals surface area contributed by atoms with Gasteiger partial charge in [0.15, 0.2) is 0 Å². The number of benzene rings is 5. The Morgan fingerprint density at radius 1 is 0.733 bits per heavy atom. The van der Waals surface area contributed by atoms with Crippen LogP contribution in [0.25, 0.3) is 22.4 Å². The lowest BCUT2D eigenvalue weighted by Crippen LogP contribution is -2.46. The second kappa shape index (κ2) is 17.9. The Balaban J connectivity index is 1.04. The Morgan fingerprint density at radius 2 is 1.37 bits per heavy atom. The largest absolute Gasteiger partial charge is 0.501 e. The van der Waals surface area contributed by atoms with E-state index in [-0.39, 0.29) is 22.4 Å². The van der Waals surface area contributed by atoms with Crippen LogP contribution in [0.4, 0.5) is 46.0 Å². The molecule has 1 aromatic heterocycles. The number of hydrogen-bond acceptors (Lipinski definition) is 9. The fraction of sp³-hybridized carbons (Fsp3) is 0.227. The van der Waals surface area contributed by atoms with Crippen molar-refractivity contribution in [2.45, 2.75) is 47.0 Å². The molecule has 0 amide bonds.